The molecule has 0 amide bonds. The first-order valence-corrected chi connectivity index (χ1v) is 7.81. The van der Waals surface area contributed by atoms with Gasteiger partial charge < -0.3 is 10.2 Å². The topological polar surface area (TPSA) is 33.1 Å². The molecule has 5 heteroatoms. The molecule has 0 aliphatic rings. The second-order valence-corrected chi connectivity index (χ2v) is 7.29. The molecular weight excluding hydrogens is 328 g/mol. The maximum atomic E-state index is 4.43. The number of anilines is 2. The summed E-state index contributed by atoms with van der Waals surface area (Å²) in [6.07, 6.45) is 4.02. The van der Waals surface area contributed by atoms with Gasteiger partial charge in [0.15, 0.2) is 0 Å². The maximum absolute atomic E-state index is 4.43. The van der Waals surface area contributed by atoms with Crippen LogP contribution in [0.25, 0.3) is 0 Å². The number of rotatable bonds is 4. The Kier molecular flexibility index (Phi) is 4.61. The van der Waals surface area contributed by atoms with E-state index in [2.05, 4.69) is 76.4 Å². The monoisotopic (exact) mass is 350 g/mol. The molecular formula is C16H23BrN4. The summed E-state index contributed by atoms with van der Waals surface area (Å²) in [5.41, 5.74) is 3.47. The molecule has 0 radical (unpaired) electrons. The van der Waals surface area contributed by atoms with E-state index in [9.17, 15) is 0 Å². The van der Waals surface area contributed by atoms with Crippen molar-refractivity contribution in [2.24, 2.45) is 0 Å². The Morgan fingerprint density at radius 3 is 2.57 bits per heavy atom. The van der Waals surface area contributed by atoms with E-state index in [1.807, 2.05) is 25.0 Å². The number of nitrogens with zero attached hydrogens (tertiary/aromatic N) is 3. The third kappa shape index (κ3) is 4.00. The van der Waals surface area contributed by atoms with Crippen molar-refractivity contribution in [3.8, 4) is 0 Å². The third-order valence-electron chi connectivity index (χ3n) is 3.25. The Labute approximate surface area is 135 Å². The van der Waals surface area contributed by atoms with E-state index < -0.39 is 0 Å². The van der Waals surface area contributed by atoms with Gasteiger partial charge in [-0.2, -0.15) is 5.10 Å². The van der Waals surface area contributed by atoms with Gasteiger partial charge in [-0.1, -0.05) is 15.9 Å². The average molecular weight is 351 g/mol. The molecule has 0 aliphatic heterocycles. The molecule has 2 rings (SSSR count). The van der Waals surface area contributed by atoms with Gasteiger partial charge in [-0.15, -0.1) is 0 Å². The lowest BCUT2D eigenvalue weighted by atomic mass is 10.1. The summed E-state index contributed by atoms with van der Waals surface area (Å²) in [5, 5.41) is 7.92. The van der Waals surface area contributed by atoms with E-state index in [0.29, 0.717) is 0 Å². The predicted octanol–water partition coefficient (Wildman–Crippen LogP) is 4.08. The van der Waals surface area contributed by atoms with Crippen LogP contribution in [0.4, 0.5) is 11.4 Å². The van der Waals surface area contributed by atoms with Crippen LogP contribution in [0.15, 0.2) is 35.1 Å². The molecule has 0 fully saturated rings. The SMILES string of the molecule is CN(C)c1ccc(Br)cc1NCc1cnn(C(C)(C)C)c1. The molecule has 2 aromatic rings. The highest BCUT2D eigenvalue weighted by Gasteiger charge is 2.14. The summed E-state index contributed by atoms with van der Waals surface area (Å²) in [6.45, 7) is 7.20. The second kappa shape index (κ2) is 6.10. The lowest BCUT2D eigenvalue weighted by Crippen LogP contribution is -2.22. The van der Waals surface area contributed by atoms with Crippen molar-refractivity contribution in [1.82, 2.24) is 9.78 Å². The smallest absolute Gasteiger partial charge is 0.0597 e. The highest BCUT2D eigenvalue weighted by Crippen LogP contribution is 2.28. The molecule has 0 saturated heterocycles. The standard InChI is InChI=1S/C16H23BrN4/c1-16(2,3)21-11-12(10-19-21)9-18-14-8-13(17)6-7-15(14)20(4)5/h6-8,10-11,18H,9H2,1-5H3. The first-order valence-electron chi connectivity index (χ1n) is 7.02. The normalized spacial score (nSPS) is 11.5. The van der Waals surface area contributed by atoms with Crippen LogP contribution < -0.4 is 10.2 Å². The number of halogens is 1. The van der Waals surface area contributed by atoms with Crippen molar-refractivity contribution in [1.29, 1.82) is 0 Å². The molecule has 1 aromatic heterocycles. The molecule has 4 nitrogen and oxygen atoms in total. The summed E-state index contributed by atoms with van der Waals surface area (Å²) in [4.78, 5) is 2.10. The van der Waals surface area contributed by atoms with E-state index in [4.69, 9.17) is 0 Å². The zero-order valence-electron chi connectivity index (χ0n) is 13.3. The predicted molar refractivity (Wildman–Crippen MR) is 93.0 cm³/mol. The fourth-order valence-electron chi connectivity index (χ4n) is 2.06. The van der Waals surface area contributed by atoms with Crippen LogP contribution in [-0.2, 0) is 12.1 Å². The summed E-state index contributed by atoms with van der Waals surface area (Å²) in [7, 11) is 4.10. The molecule has 0 bridgehead atoms. The van der Waals surface area contributed by atoms with E-state index in [1.54, 1.807) is 0 Å². The molecule has 0 saturated carbocycles. The fourth-order valence-corrected chi connectivity index (χ4v) is 2.42. The Bertz CT molecular complexity index is 611. The Morgan fingerprint density at radius 2 is 2.00 bits per heavy atom. The third-order valence-corrected chi connectivity index (χ3v) is 3.74. The minimum atomic E-state index is 0.0167. The molecule has 1 N–H and O–H groups in total. The van der Waals surface area contributed by atoms with Crippen molar-refractivity contribution in [3.63, 3.8) is 0 Å². The highest BCUT2D eigenvalue weighted by atomic mass is 79.9. The van der Waals surface area contributed by atoms with Crippen LogP contribution in [0.2, 0.25) is 0 Å². The van der Waals surface area contributed by atoms with Gasteiger partial charge in [-0.25, -0.2) is 0 Å². The fraction of sp³-hybridized carbons (Fsp3) is 0.438. The van der Waals surface area contributed by atoms with Gasteiger partial charge in [-0.05, 0) is 39.0 Å². The number of nitrogens with one attached hydrogen (secondary N) is 1. The van der Waals surface area contributed by atoms with Crippen LogP contribution >= 0.6 is 15.9 Å². The van der Waals surface area contributed by atoms with Gasteiger partial charge in [0.25, 0.3) is 0 Å². The van der Waals surface area contributed by atoms with Gasteiger partial charge in [0.2, 0.25) is 0 Å². The largest absolute Gasteiger partial charge is 0.379 e. The zero-order chi connectivity index (χ0) is 15.6. The highest BCUT2D eigenvalue weighted by molar-refractivity contribution is 9.10. The lowest BCUT2D eigenvalue weighted by molar-refractivity contribution is 0.355. The molecule has 21 heavy (non-hydrogen) atoms. The minimum Gasteiger partial charge on any atom is -0.379 e. The van der Waals surface area contributed by atoms with Crippen molar-refractivity contribution >= 4 is 27.3 Å². The van der Waals surface area contributed by atoms with E-state index in [-0.39, 0.29) is 5.54 Å². The Balaban J connectivity index is 2.13. The van der Waals surface area contributed by atoms with Gasteiger partial charge in [-0.3, -0.25) is 4.68 Å². The van der Waals surface area contributed by atoms with Crippen LogP contribution in [0.5, 0.6) is 0 Å². The van der Waals surface area contributed by atoms with Crippen LogP contribution in [-0.4, -0.2) is 23.9 Å². The first kappa shape index (κ1) is 15.9. The Hall–Kier alpha value is -1.49. The summed E-state index contributed by atoms with van der Waals surface area (Å²) in [5.74, 6) is 0. The average Bonchev–Trinajstić information content (AvgIpc) is 2.84. The van der Waals surface area contributed by atoms with E-state index in [0.717, 1.165) is 16.7 Å². The molecule has 114 valence electrons. The Morgan fingerprint density at radius 1 is 1.29 bits per heavy atom. The van der Waals surface area contributed by atoms with E-state index in [1.165, 1.54) is 11.3 Å². The van der Waals surface area contributed by atoms with Gasteiger partial charge in [0.1, 0.15) is 0 Å². The van der Waals surface area contributed by atoms with Crippen LogP contribution in [0.1, 0.15) is 26.3 Å². The lowest BCUT2D eigenvalue weighted by Gasteiger charge is -2.19. The van der Waals surface area contributed by atoms with Crippen molar-refractivity contribution in [3.05, 3.63) is 40.6 Å². The van der Waals surface area contributed by atoms with Gasteiger partial charge in [0.05, 0.1) is 23.1 Å². The minimum absolute atomic E-state index is 0.0167. The maximum Gasteiger partial charge on any atom is 0.0597 e. The number of hydrogen-bond donors (Lipinski definition) is 1. The van der Waals surface area contributed by atoms with Crippen LogP contribution in [0, 0.1) is 0 Å². The summed E-state index contributed by atoms with van der Waals surface area (Å²) >= 11 is 3.53. The van der Waals surface area contributed by atoms with Gasteiger partial charge >= 0.3 is 0 Å². The van der Waals surface area contributed by atoms with Crippen molar-refractivity contribution < 1.29 is 0 Å². The quantitative estimate of drug-likeness (QED) is 0.901. The molecule has 0 spiro atoms. The number of benzene rings is 1. The van der Waals surface area contributed by atoms with Gasteiger partial charge in [0, 0.05) is 36.9 Å². The van der Waals surface area contributed by atoms with Crippen LogP contribution in [0.3, 0.4) is 0 Å². The van der Waals surface area contributed by atoms with E-state index >= 15 is 0 Å². The van der Waals surface area contributed by atoms with Crippen molar-refractivity contribution in [2.75, 3.05) is 24.3 Å². The molecule has 0 aliphatic carbocycles. The molecule has 1 heterocycles. The first-order chi connectivity index (χ1) is 9.77. The molecule has 0 atom stereocenters. The zero-order valence-corrected chi connectivity index (χ0v) is 14.9. The molecule has 1 aromatic carbocycles. The second-order valence-electron chi connectivity index (χ2n) is 6.37. The molecule has 0 unspecified atom stereocenters. The summed E-state index contributed by atoms with van der Waals surface area (Å²) in [6, 6.07) is 6.26. The summed E-state index contributed by atoms with van der Waals surface area (Å²) < 4.78 is 3.07. The number of hydrogen-bond acceptors (Lipinski definition) is 3. The van der Waals surface area contributed by atoms with Crippen molar-refractivity contribution in [2.45, 2.75) is 32.9 Å². The number of aromatic nitrogens is 2.